The zero-order valence-electron chi connectivity index (χ0n) is 15.8. The number of anilines is 1. The average Bonchev–Trinajstić information content (AvgIpc) is 3.31. The van der Waals surface area contributed by atoms with Crippen LogP contribution in [0.2, 0.25) is 0 Å². The second kappa shape index (κ2) is 9.23. The van der Waals surface area contributed by atoms with Gasteiger partial charge in [-0.3, -0.25) is 9.36 Å². The fraction of sp³-hybridized carbons (Fsp3) is 0.526. The van der Waals surface area contributed by atoms with Gasteiger partial charge < -0.3 is 10.1 Å². The van der Waals surface area contributed by atoms with Gasteiger partial charge in [-0.05, 0) is 36.8 Å². The number of hydrogen-bond acceptors (Lipinski definition) is 5. The maximum absolute atomic E-state index is 12.5. The number of para-hydroxylation sites is 1. The average molecular weight is 391 g/mol. The van der Waals surface area contributed by atoms with Crippen LogP contribution in [-0.4, -0.2) is 39.1 Å². The van der Waals surface area contributed by atoms with Crippen LogP contribution in [-0.2, 0) is 28.9 Å². The fourth-order valence-electron chi connectivity index (χ4n) is 3.28. The summed E-state index contributed by atoms with van der Waals surface area (Å²) in [6, 6.07) is 6.10. The van der Waals surface area contributed by atoms with Gasteiger partial charge in [-0.15, -0.1) is 5.10 Å². The number of H-pyrrole nitrogens is 1. The first-order chi connectivity index (χ1) is 13.1. The molecule has 0 saturated carbocycles. The maximum atomic E-state index is 12.5. The number of aromatic amines is 1. The molecule has 1 aliphatic rings. The van der Waals surface area contributed by atoms with Gasteiger partial charge in [0.15, 0.2) is 5.16 Å². The molecule has 8 heteroatoms. The summed E-state index contributed by atoms with van der Waals surface area (Å²) in [7, 11) is 0. The lowest BCUT2D eigenvalue weighted by Crippen LogP contribution is -2.25. The van der Waals surface area contributed by atoms with Gasteiger partial charge in [0.05, 0.1) is 18.4 Å². The van der Waals surface area contributed by atoms with Crippen LogP contribution in [0, 0.1) is 0 Å². The van der Waals surface area contributed by atoms with E-state index in [0.717, 1.165) is 49.1 Å². The number of nitrogens with zero attached hydrogens (tertiary/aromatic N) is 2. The van der Waals surface area contributed by atoms with Crippen LogP contribution in [0.25, 0.3) is 0 Å². The fourth-order valence-corrected chi connectivity index (χ4v) is 4.03. The van der Waals surface area contributed by atoms with Gasteiger partial charge in [-0.25, -0.2) is 9.89 Å². The summed E-state index contributed by atoms with van der Waals surface area (Å²) >= 11 is 1.26. The highest BCUT2D eigenvalue weighted by Gasteiger charge is 2.20. The van der Waals surface area contributed by atoms with Crippen molar-refractivity contribution in [3.05, 3.63) is 39.8 Å². The van der Waals surface area contributed by atoms with Crippen LogP contribution in [0.5, 0.6) is 0 Å². The Morgan fingerprint density at radius 1 is 1.37 bits per heavy atom. The number of hydrogen-bond donors (Lipinski definition) is 2. The van der Waals surface area contributed by atoms with Crippen LogP contribution in [0.3, 0.4) is 0 Å². The number of rotatable bonds is 8. The number of carbonyl (C=O) groups excluding carboxylic acids is 1. The Labute approximate surface area is 162 Å². The molecular weight excluding hydrogens is 364 g/mol. The van der Waals surface area contributed by atoms with Crippen molar-refractivity contribution in [3.63, 3.8) is 0 Å². The second-order valence-electron chi connectivity index (χ2n) is 6.55. The molecule has 0 unspecified atom stereocenters. The Hall–Kier alpha value is -2.06. The van der Waals surface area contributed by atoms with Crippen LogP contribution >= 0.6 is 11.8 Å². The third kappa shape index (κ3) is 4.81. The number of aromatic nitrogens is 3. The predicted octanol–water partition coefficient (Wildman–Crippen LogP) is 2.61. The normalized spacial score (nSPS) is 16.6. The SMILES string of the molecule is CCc1cccc(CC)c1NC(=O)CSc1n[nH]c(=O)n1C[C@@H]1CCCO1. The van der Waals surface area contributed by atoms with Crippen molar-refractivity contribution in [3.8, 4) is 0 Å². The lowest BCUT2D eigenvalue weighted by Gasteiger charge is -2.14. The molecule has 1 aliphatic heterocycles. The largest absolute Gasteiger partial charge is 0.376 e. The molecule has 1 aromatic carbocycles. The van der Waals surface area contributed by atoms with E-state index in [2.05, 4.69) is 29.4 Å². The quantitative estimate of drug-likeness (QED) is 0.677. The Bertz CT molecular complexity index is 817. The summed E-state index contributed by atoms with van der Waals surface area (Å²) in [5, 5.41) is 10.1. The molecule has 1 atom stereocenters. The summed E-state index contributed by atoms with van der Waals surface area (Å²) in [5.74, 6) is 0.0894. The molecule has 0 bridgehead atoms. The predicted molar refractivity (Wildman–Crippen MR) is 106 cm³/mol. The third-order valence-electron chi connectivity index (χ3n) is 4.73. The number of thioether (sulfide) groups is 1. The van der Waals surface area contributed by atoms with Gasteiger partial charge in [0.1, 0.15) is 0 Å². The van der Waals surface area contributed by atoms with Crippen molar-refractivity contribution in [2.75, 3.05) is 17.7 Å². The highest BCUT2D eigenvalue weighted by molar-refractivity contribution is 7.99. The molecule has 1 amide bonds. The number of carbonyl (C=O) groups is 1. The van der Waals surface area contributed by atoms with E-state index in [-0.39, 0.29) is 23.5 Å². The Balaban J connectivity index is 1.64. The van der Waals surface area contributed by atoms with Gasteiger partial charge in [0.25, 0.3) is 0 Å². The van der Waals surface area contributed by atoms with Gasteiger partial charge >= 0.3 is 5.69 Å². The molecule has 1 saturated heterocycles. The number of aryl methyl sites for hydroxylation is 2. The van der Waals surface area contributed by atoms with Crippen LogP contribution in [0.1, 0.15) is 37.8 Å². The monoisotopic (exact) mass is 390 g/mol. The van der Waals surface area contributed by atoms with Gasteiger partial charge in [0, 0.05) is 12.3 Å². The first-order valence-electron chi connectivity index (χ1n) is 9.42. The molecule has 1 fully saturated rings. The van der Waals surface area contributed by atoms with Crippen molar-refractivity contribution in [1.29, 1.82) is 0 Å². The van der Waals surface area contributed by atoms with Crippen LogP contribution in [0.4, 0.5) is 5.69 Å². The van der Waals surface area contributed by atoms with E-state index < -0.39 is 0 Å². The molecule has 1 aromatic heterocycles. The summed E-state index contributed by atoms with van der Waals surface area (Å²) in [6.45, 7) is 5.36. The van der Waals surface area contributed by atoms with E-state index in [0.29, 0.717) is 11.7 Å². The van der Waals surface area contributed by atoms with Crippen molar-refractivity contribution >= 4 is 23.4 Å². The molecule has 146 valence electrons. The van der Waals surface area contributed by atoms with E-state index in [9.17, 15) is 9.59 Å². The summed E-state index contributed by atoms with van der Waals surface area (Å²) in [4.78, 5) is 24.5. The number of ether oxygens (including phenoxy) is 1. The third-order valence-corrected chi connectivity index (χ3v) is 5.71. The van der Waals surface area contributed by atoms with Gasteiger partial charge in [-0.2, -0.15) is 0 Å². The van der Waals surface area contributed by atoms with E-state index in [4.69, 9.17) is 4.74 Å². The highest BCUT2D eigenvalue weighted by atomic mass is 32.2. The van der Waals surface area contributed by atoms with Crippen molar-refractivity contribution < 1.29 is 9.53 Å². The molecule has 27 heavy (non-hydrogen) atoms. The van der Waals surface area contributed by atoms with Gasteiger partial charge in [0.2, 0.25) is 5.91 Å². The second-order valence-corrected chi connectivity index (χ2v) is 7.49. The van der Waals surface area contributed by atoms with E-state index in [1.54, 1.807) is 4.57 Å². The lowest BCUT2D eigenvalue weighted by atomic mass is 10.0. The Kier molecular flexibility index (Phi) is 6.73. The minimum absolute atomic E-state index is 0.0389. The minimum Gasteiger partial charge on any atom is -0.376 e. The topological polar surface area (TPSA) is 89.0 Å². The first kappa shape index (κ1) is 19.7. The van der Waals surface area contributed by atoms with Crippen molar-refractivity contribution in [2.24, 2.45) is 0 Å². The molecule has 7 nitrogen and oxygen atoms in total. The zero-order valence-corrected chi connectivity index (χ0v) is 16.6. The summed E-state index contributed by atoms with van der Waals surface area (Å²) < 4.78 is 7.16. The maximum Gasteiger partial charge on any atom is 0.344 e. The molecule has 0 spiro atoms. The zero-order chi connectivity index (χ0) is 19.2. The minimum atomic E-state index is -0.266. The number of benzene rings is 1. The standard InChI is InChI=1S/C19H26N4O3S/c1-3-13-7-5-8-14(4-2)17(13)20-16(24)12-27-19-22-21-18(25)23(19)11-15-9-6-10-26-15/h5,7-8,15H,3-4,6,9-12H2,1-2H3,(H,20,24)(H,21,25)/t15-/m0/s1. The van der Waals surface area contributed by atoms with Crippen LogP contribution in [0.15, 0.2) is 28.2 Å². The van der Waals surface area contributed by atoms with E-state index in [1.807, 2.05) is 18.2 Å². The smallest absolute Gasteiger partial charge is 0.344 e. The molecule has 3 rings (SSSR count). The molecule has 2 heterocycles. The highest BCUT2D eigenvalue weighted by Crippen LogP contribution is 2.23. The summed E-state index contributed by atoms with van der Waals surface area (Å²) in [6.07, 6.45) is 3.71. The Morgan fingerprint density at radius 2 is 2.11 bits per heavy atom. The number of nitrogens with one attached hydrogen (secondary N) is 2. The molecule has 2 aromatic rings. The molecule has 2 N–H and O–H groups in total. The Morgan fingerprint density at radius 3 is 2.74 bits per heavy atom. The van der Waals surface area contributed by atoms with Crippen molar-refractivity contribution in [1.82, 2.24) is 14.8 Å². The lowest BCUT2D eigenvalue weighted by molar-refractivity contribution is -0.113. The molecule has 0 aliphatic carbocycles. The number of amides is 1. The van der Waals surface area contributed by atoms with E-state index >= 15 is 0 Å². The first-order valence-corrected chi connectivity index (χ1v) is 10.4. The van der Waals surface area contributed by atoms with Crippen molar-refractivity contribution in [2.45, 2.75) is 57.3 Å². The molecule has 0 radical (unpaired) electrons. The van der Waals surface area contributed by atoms with Crippen LogP contribution < -0.4 is 11.0 Å². The van der Waals surface area contributed by atoms with E-state index in [1.165, 1.54) is 11.8 Å². The summed E-state index contributed by atoms with van der Waals surface area (Å²) in [5.41, 5.74) is 2.90. The molecular formula is C19H26N4O3S. The van der Waals surface area contributed by atoms with Gasteiger partial charge in [-0.1, -0.05) is 43.8 Å².